The zero-order chi connectivity index (χ0) is 13.2. The lowest BCUT2D eigenvalue weighted by atomic mass is 10.2. The molecule has 0 spiro atoms. The van der Waals surface area contributed by atoms with Gasteiger partial charge in [-0.1, -0.05) is 0 Å². The zero-order valence-corrected chi connectivity index (χ0v) is 11.0. The first-order valence-corrected chi connectivity index (χ1v) is 7.39. The first-order chi connectivity index (χ1) is 7.76. The van der Waals surface area contributed by atoms with E-state index in [1.54, 1.807) is 6.92 Å². The van der Waals surface area contributed by atoms with Crippen LogP contribution in [-0.2, 0) is 24.2 Å². The van der Waals surface area contributed by atoms with Crippen LogP contribution in [0.4, 0.5) is 0 Å². The van der Waals surface area contributed by atoms with Gasteiger partial charge in [0.25, 0.3) is 0 Å². The summed E-state index contributed by atoms with van der Waals surface area (Å²) in [5.74, 6) is -0.834. The molecule has 0 bridgehead atoms. The summed E-state index contributed by atoms with van der Waals surface area (Å²) in [5, 5.41) is 0. The molecule has 1 aliphatic heterocycles. The number of sulfone groups is 1. The maximum Gasteiger partial charge on any atom is 0.328 e. The Hall–Kier alpha value is -1.11. The van der Waals surface area contributed by atoms with Gasteiger partial charge in [0.05, 0.1) is 12.9 Å². The molecular formula is C10H17NO5S. The number of nitrogens with zero attached hydrogens (tertiary/aromatic N) is 1. The Bertz CT molecular complexity index is 416. The molecule has 0 radical (unpaired) electrons. The van der Waals surface area contributed by atoms with Crippen molar-refractivity contribution in [3.05, 3.63) is 0 Å². The summed E-state index contributed by atoms with van der Waals surface area (Å²) < 4.78 is 27.0. The Kier molecular flexibility index (Phi) is 4.13. The van der Waals surface area contributed by atoms with Crippen molar-refractivity contribution in [1.29, 1.82) is 0 Å². The predicted molar refractivity (Wildman–Crippen MR) is 61.1 cm³/mol. The van der Waals surface area contributed by atoms with Crippen LogP contribution in [0.3, 0.4) is 0 Å². The average molecular weight is 263 g/mol. The van der Waals surface area contributed by atoms with Crippen molar-refractivity contribution in [2.24, 2.45) is 0 Å². The fourth-order valence-electron chi connectivity index (χ4n) is 2.14. The van der Waals surface area contributed by atoms with Gasteiger partial charge in [-0.15, -0.1) is 0 Å². The van der Waals surface area contributed by atoms with Crippen LogP contribution in [0, 0.1) is 0 Å². The molecular weight excluding hydrogens is 246 g/mol. The van der Waals surface area contributed by atoms with Crippen molar-refractivity contribution in [1.82, 2.24) is 4.90 Å². The molecule has 0 N–H and O–H groups in total. The van der Waals surface area contributed by atoms with E-state index >= 15 is 0 Å². The predicted octanol–water partition coefficient (Wildman–Crippen LogP) is -0.416. The third kappa shape index (κ3) is 3.42. The number of likely N-dealkylation sites (tertiary alicyclic amines) is 1. The van der Waals surface area contributed by atoms with Crippen molar-refractivity contribution >= 4 is 21.7 Å². The quantitative estimate of drug-likeness (QED) is 0.644. The summed E-state index contributed by atoms with van der Waals surface area (Å²) in [4.78, 5) is 24.5. The zero-order valence-electron chi connectivity index (χ0n) is 10.2. The molecule has 1 fully saturated rings. The largest absolute Gasteiger partial charge is 0.467 e. The number of rotatable bonds is 4. The molecule has 17 heavy (non-hydrogen) atoms. The molecule has 0 aromatic rings. The monoisotopic (exact) mass is 263 g/mol. The number of methoxy groups -OCH3 is 1. The second-order valence-electron chi connectivity index (χ2n) is 4.32. The Balaban J connectivity index is 2.84. The van der Waals surface area contributed by atoms with E-state index in [9.17, 15) is 18.0 Å². The van der Waals surface area contributed by atoms with E-state index in [-0.39, 0.29) is 18.1 Å². The Labute approximate surface area is 101 Å². The van der Waals surface area contributed by atoms with E-state index in [0.717, 1.165) is 6.26 Å². The highest BCUT2D eigenvalue weighted by molar-refractivity contribution is 7.90. The lowest BCUT2D eigenvalue weighted by Crippen LogP contribution is -2.47. The summed E-state index contributed by atoms with van der Waals surface area (Å²) in [6, 6.07) is -1.16. The van der Waals surface area contributed by atoms with Crippen molar-refractivity contribution in [2.75, 3.05) is 19.1 Å². The molecule has 1 saturated heterocycles. The van der Waals surface area contributed by atoms with Crippen LogP contribution >= 0.6 is 0 Å². The molecule has 6 nitrogen and oxygen atoms in total. The Morgan fingerprint density at radius 1 is 1.59 bits per heavy atom. The Morgan fingerprint density at radius 3 is 2.65 bits per heavy atom. The topological polar surface area (TPSA) is 80.8 Å². The van der Waals surface area contributed by atoms with Gasteiger partial charge in [-0.2, -0.15) is 0 Å². The minimum Gasteiger partial charge on any atom is -0.467 e. The highest BCUT2D eigenvalue weighted by Gasteiger charge is 2.40. The van der Waals surface area contributed by atoms with Gasteiger partial charge in [-0.3, -0.25) is 4.79 Å². The van der Waals surface area contributed by atoms with Gasteiger partial charge in [0.15, 0.2) is 0 Å². The van der Waals surface area contributed by atoms with Crippen molar-refractivity contribution in [2.45, 2.75) is 31.8 Å². The summed E-state index contributed by atoms with van der Waals surface area (Å²) >= 11 is 0. The van der Waals surface area contributed by atoms with Crippen LogP contribution in [0.1, 0.15) is 19.8 Å². The van der Waals surface area contributed by atoms with Crippen molar-refractivity contribution in [3.63, 3.8) is 0 Å². The number of esters is 1. The van der Waals surface area contributed by atoms with E-state index in [4.69, 9.17) is 0 Å². The van der Waals surface area contributed by atoms with Gasteiger partial charge in [-0.25, -0.2) is 13.2 Å². The van der Waals surface area contributed by atoms with Crippen LogP contribution in [0.5, 0.6) is 0 Å². The van der Waals surface area contributed by atoms with E-state index in [1.807, 2.05) is 0 Å². The summed E-state index contributed by atoms with van der Waals surface area (Å²) in [7, 11) is -1.93. The summed E-state index contributed by atoms with van der Waals surface area (Å²) in [6.07, 6.45) is 1.75. The fraction of sp³-hybridized carbons (Fsp3) is 0.800. The molecule has 1 rings (SSSR count). The molecule has 1 aliphatic rings. The number of carbonyl (C=O) groups excluding carboxylic acids is 2. The SMILES string of the molecule is COC(=O)C1CCC(=O)N1C(C)CS(C)(=O)=O. The first kappa shape index (κ1) is 14.0. The number of carbonyl (C=O) groups is 2. The molecule has 0 saturated carbocycles. The number of amides is 1. The fourth-order valence-corrected chi connectivity index (χ4v) is 3.18. The molecule has 98 valence electrons. The normalized spacial score (nSPS) is 22.6. The maximum atomic E-state index is 11.7. The van der Waals surface area contributed by atoms with Gasteiger partial charge < -0.3 is 9.64 Å². The molecule has 1 heterocycles. The van der Waals surface area contributed by atoms with Crippen molar-refractivity contribution in [3.8, 4) is 0 Å². The van der Waals surface area contributed by atoms with Crippen LogP contribution in [0.25, 0.3) is 0 Å². The van der Waals surface area contributed by atoms with Gasteiger partial charge in [0, 0.05) is 18.7 Å². The summed E-state index contributed by atoms with van der Waals surface area (Å²) in [5.41, 5.74) is 0. The molecule has 2 atom stereocenters. The second kappa shape index (κ2) is 5.03. The van der Waals surface area contributed by atoms with Gasteiger partial charge in [0.1, 0.15) is 15.9 Å². The van der Waals surface area contributed by atoms with Gasteiger partial charge in [-0.05, 0) is 13.3 Å². The molecule has 1 amide bonds. The molecule has 7 heteroatoms. The minimum absolute atomic E-state index is 0.147. The number of ether oxygens (including phenoxy) is 1. The number of hydrogen-bond donors (Lipinski definition) is 0. The molecule has 0 aromatic heterocycles. The summed E-state index contributed by atoms with van der Waals surface area (Å²) in [6.45, 7) is 1.63. The van der Waals surface area contributed by atoms with E-state index in [0.29, 0.717) is 6.42 Å². The second-order valence-corrected chi connectivity index (χ2v) is 6.50. The van der Waals surface area contributed by atoms with E-state index < -0.39 is 27.9 Å². The number of hydrogen-bond acceptors (Lipinski definition) is 5. The molecule has 2 unspecified atom stereocenters. The van der Waals surface area contributed by atoms with Gasteiger partial charge in [0.2, 0.25) is 5.91 Å². The minimum atomic E-state index is -3.19. The van der Waals surface area contributed by atoms with Gasteiger partial charge >= 0.3 is 5.97 Å². The third-order valence-corrected chi connectivity index (χ3v) is 3.84. The lowest BCUT2D eigenvalue weighted by molar-refractivity contribution is -0.150. The Morgan fingerprint density at radius 2 is 2.18 bits per heavy atom. The smallest absolute Gasteiger partial charge is 0.328 e. The molecule has 0 aliphatic carbocycles. The average Bonchev–Trinajstić information content (AvgIpc) is 2.56. The first-order valence-electron chi connectivity index (χ1n) is 5.33. The maximum absolute atomic E-state index is 11.7. The van der Waals surface area contributed by atoms with E-state index in [1.165, 1.54) is 12.0 Å². The van der Waals surface area contributed by atoms with Crippen LogP contribution in [-0.4, -0.2) is 56.4 Å². The lowest BCUT2D eigenvalue weighted by Gasteiger charge is -2.28. The van der Waals surface area contributed by atoms with E-state index in [2.05, 4.69) is 4.74 Å². The van der Waals surface area contributed by atoms with Crippen LogP contribution in [0.2, 0.25) is 0 Å². The highest BCUT2D eigenvalue weighted by Crippen LogP contribution is 2.23. The third-order valence-electron chi connectivity index (χ3n) is 2.75. The standard InChI is InChI=1S/C10H17NO5S/c1-7(6-17(3,14)15)11-8(10(13)16-2)4-5-9(11)12/h7-8H,4-6H2,1-3H3. The highest BCUT2D eigenvalue weighted by atomic mass is 32.2. The molecule has 0 aromatic carbocycles. The van der Waals surface area contributed by atoms with Crippen molar-refractivity contribution < 1.29 is 22.7 Å². The van der Waals surface area contributed by atoms with Crippen LogP contribution in [0.15, 0.2) is 0 Å². The van der Waals surface area contributed by atoms with Crippen LogP contribution < -0.4 is 0 Å².